The lowest BCUT2D eigenvalue weighted by molar-refractivity contribution is -0.141. The molecule has 1 fully saturated rings. The van der Waals surface area contributed by atoms with Crippen LogP contribution in [0.2, 0.25) is 8.67 Å². The number of thiophene rings is 1. The van der Waals surface area contributed by atoms with Gasteiger partial charge >= 0.3 is 5.97 Å². The normalized spacial score (nSPS) is 23.0. The summed E-state index contributed by atoms with van der Waals surface area (Å²) < 4.78 is 0.810. The molecule has 1 saturated carbocycles. The average Bonchev–Trinajstić information content (AvgIpc) is 2.85. The first-order chi connectivity index (χ1) is 8.47. The van der Waals surface area contributed by atoms with Crippen LogP contribution in [-0.2, 0) is 4.79 Å². The number of aliphatic carboxylic acids is 1. The van der Waals surface area contributed by atoms with E-state index in [1.165, 1.54) is 6.07 Å². The van der Waals surface area contributed by atoms with E-state index in [4.69, 9.17) is 28.3 Å². The van der Waals surface area contributed by atoms with Gasteiger partial charge in [-0.15, -0.1) is 11.3 Å². The van der Waals surface area contributed by atoms with Gasteiger partial charge < -0.3 is 10.4 Å². The van der Waals surface area contributed by atoms with Crippen molar-refractivity contribution in [2.45, 2.75) is 25.3 Å². The van der Waals surface area contributed by atoms with Gasteiger partial charge in [0.15, 0.2) is 0 Å². The highest BCUT2D eigenvalue weighted by Gasteiger charge is 2.31. The summed E-state index contributed by atoms with van der Waals surface area (Å²) in [5.41, 5.74) is 0.352. The molecule has 1 amide bonds. The van der Waals surface area contributed by atoms with Crippen LogP contribution in [0.3, 0.4) is 0 Å². The first-order valence-electron chi connectivity index (χ1n) is 5.46. The maximum atomic E-state index is 11.9. The summed E-state index contributed by atoms with van der Waals surface area (Å²) in [5.74, 6) is -1.46. The molecule has 1 aliphatic carbocycles. The molecule has 1 aliphatic rings. The van der Waals surface area contributed by atoms with Crippen molar-refractivity contribution in [1.29, 1.82) is 0 Å². The zero-order valence-electron chi connectivity index (χ0n) is 9.28. The molecule has 0 unspecified atom stereocenters. The molecule has 1 heterocycles. The summed E-state index contributed by atoms with van der Waals surface area (Å²) in [7, 11) is 0. The molecule has 7 heteroatoms. The molecule has 0 saturated heterocycles. The van der Waals surface area contributed by atoms with E-state index in [1.54, 1.807) is 0 Å². The Labute approximate surface area is 118 Å². The summed E-state index contributed by atoms with van der Waals surface area (Å²) in [6, 6.07) is 1.42. The fourth-order valence-electron chi connectivity index (χ4n) is 2.10. The Morgan fingerprint density at radius 1 is 1.39 bits per heavy atom. The summed E-state index contributed by atoms with van der Waals surface area (Å²) in [6.07, 6.45) is 1.74. The van der Waals surface area contributed by atoms with Crippen molar-refractivity contribution >= 4 is 46.4 Å². The van der Waals surface area contributed by atoms with Crippen molar-refractivity contribution in [1.82, 2.24) is 5.32 Å². The van der Waals surface area contributed by atoms with Crippen LogP contribution in [0.4, 0.5) is 0 Å². The molecule has 1 aromatic rings. The van der Waals surface area contributed by atoms with Crippen LogP contribution in [0.5, 0.6) is 0 Å². The number of carboxylic acid groups (broad SMARTS) is 1. The van der Waals surface area contributed by atoms with Crippen molar-refractivity contribution in [2.24, 2.45) is 5.92 Å². The summed E-state index contributed by atoms with van der Waals surface area (Å²) in [4.78, 5) is 22.7. The number of amides is 1. The smallest absolute Gasteiger partial charge is 0.306 e. The number of carbonyl (C=O) groups excluding carboxylic acids is 1. The van der Waals surface area contributed by atoms with Gasteiger partial charge in [-0.3, -0.25) is 9.59 Å². The minimum atomic E-state index is -0.802. The van der Waals surface area contributed by atoms with Crippen molar-refractivity contribution < 1.29 is 14.7 Å². The topological polar surface area (TPSA) is 66.4 Å². The maximum Gasteiger partial charge on any atom is 0.306 e. The molecular formula is C11H11Cl2NO3S. The Morgan fingerprint density at radius 3 is 2.61 bits per heavy atom. The Balaban J connectivity index is 1.97. The predicted octanol–water partition coefficient (Wildman–Crippen LogP) is 3.04. The molecule has 0 aromatic carbocycles. The molecule has 0 bridgehead atoms. The Bertz CT molecular complexity index is 489. The zero-order chi connectivity index (χ0) is 13.3. The van der Waals surface area contributed by atoms with Crippen molar-refractivity contribution in [3.63, 3.8) is 0 Å². The van der Waals surface area contributed by atoms with Crippen LogP contribution in [-0.4, -0.2) is 23.0 Å². The number of carbonyl (C=O) groups is 2. The number of rotatable bonds is 3. The highest BCUT2D eigenvalue weighted by molar-refractivity contribution is 7.20. The highest BCUT2D eigenvalue weighted by atomic mass is 35.5. The van der Waals surface area contributed by atoms with E-state index in [9.17, 15) is 9.59 Å². The third kappa shape index (κ3) is 2.96. The van der Waals surface area contributed by atoms with E-state index in [0.717, 1.165) is 11.3 Å². The Hall–Kier alpha value is -0.780. The average molecular weight is 308 g/mol. The first kappa shape index (κ1) is 13.6. The molecule has 0 radical (unpaired) electrons. The Kier molecular flexibility index (Phi) is 4.14. The molecular weight excluding hydrogens is 297 g/mol. The largest absolute Gasteiger partial charge is 0.481 e. The predicted molar refractivity (Wildman–Crippen MR) is 70.6 cm³/mol. The van der Waals surface area contributed by atoms with Crippen LogP contribution < -0.4 is 5.32 Å². The van der Waals surface area contributed by atoms with Crippen LogP contribution in [0.1, 0.15) is 29.6 Å². The summed E-state index contributed by atoms with van der Waals surface area (Å²) in [5, 5.41) is 11.7. The SMILES string of the molecule is O=C(N[C@H]1CC[C@@H](C(=O)O)C1)c1cc(Cl)sc1Cl. The minimum absolute atomic E-state index is 0.103. The van der Waals surface area contributed by atoms with Gasteiger partial charge in [0.25, 0.3) is 5.91 Å². The lowest BCUT2D eigenvalue weighted by Crippen LogP contribution is -2.33. The number of carboxylic acids is 1. The standard InChI is InChI=1S/C11H11Cl2NO3S/c12-8-4-7(9(13)18-8)10(15)14-6-2-1-5(3-6)11(16)17/h4-6H,1-3H2,(H,14,15)(H,16,17)/t5-,6+/m1/s1. The summed E-state index contributed by atoms with van der Waals surface area (Å²) in [6.45, 7) is 0. The van der Waals surface area contributed by atoms with Crippen LogP contribution in [0.15, 0.2) is 6.07 Å². The third-order valence-electron chi connectivity index (χ3n) is 3.02. The van der Waals surface area contributed by atoms with Gasteiger partial charge in [-0.2, -0.15) is 0 Å². The number of hydrogen-bond acceptors (Lipinski definition) is 3. The van der Waals surface area contributed by atoms with Crippen LogP contribution in [0, 0.1) is 5.92 Å². The van der Waals surface area contributed by atoms with Crippen LogP contribution in [0.25, 0.3) is 0 Å². The monoisotopic (exact) mass is 307 g/mol. The fraction of sp³-hybridized carbons (Fsp3) is 0.455. The molecule has 1 aromatic heterocycles. The highest BCUT2D eigenvalue weighted by Crippen LogP contribution is 2.32. The van der Waals surface area contributed by atoms with E-state index in [0.29, 0.717) is 33.5 Å². The summed E-state index contributed by atoms with van der Waals surface area (Å²) >= 11 is 12.8. The second kappa shape index (κ2) is 5.47. The lowest BCUT2D eigenvalue weighted by Gasteiger charge is -2.11. The fourth-order valence-corrected chi connectivity index (χ4v) is 3.55. The van der Waals surface area contributed by atoms with E-state index in [-0.39, 0.29) is 17.9 Å². The molecule has 98 valence electrons. The minimum Gasteiger partial charge on any atom is -0.481 e. The molecule has 18 heavy (non-hydrogen) atoms. The second-order valence-electron chi connectivity index (χ2n) is 4.26. The van der Waals surface area contributed by atoms with Crippen molar-refractivity contribution in [3.05, 3.63) is 20.3 Å². The third-order valence-corrected chi connectivity index (χ3v) is 4.51. The molecule has 2 N–H and O–H groups in total. The van der Waals surface area contributed by atoms with Gasteiger partial charge in [0.1, 0.15) is 4.34 Å². The van der Waals surface area contributed by atoms with E-state index in [1.807, 2.05) is 0 Å². The van der Waals surface area contributed by atoms with Gasteiger partial charge in [0.2, 0.25) is 0 Å². The molecule has 2 rings (SSSR count). The number of nitrogens with one attached hydrogen (secondary N) is 1. The molecule has 2 atom stereocenters. The molecule has 0 spiro atoms. The van der Waals surface area contributed by atoms with E-state index >= 15 is 0 Å². The van der Waals surface area contributed by atoms with Crippen molar-refractivity contribution in [3.8, 4) is 0 Å². The zero-order valence-corrected chi connectivity index (χ0v) is 11.6. The van der Waals surface area contributed by atoms with Gasteiger partial charge in [0.05, 0.1) is 15.8 Å². The van der Waals surface area contributed by atoms with Gasteiger partial charge in [0, 0.05) is 6.04 Å². The van der Waals surface area contributed by atoms with E-state index in [2.05, 4.69) is 5.32 Å². The van der Waals surface area contributed by atoms with Gasteiger partial charge in [-0.05, 0) is 25.3 Å². The number of hydrogen-bond donors (Lipinski definition) is 2. The lowest BCUT2D eigenvalue weighted by atomic mass is 10.1. The van der Waals surface area contributed by atoms with Gasteiger partial charge in [-0.1, -0.05) is 23.2 Å². The van der Waals surface area contributed by atoms with Crippen molar-refractivity contribution in [2.75, 3.05) is 0 Å². The van der Waals surface area contributed by atoms with E-state index < -0.39 is 5.97 Å². The van der Waals surface area contributed by atoms with Gasteiger partial charge in [-0.25, -0.2) is 0 Å². The second-order valence-corrected chi connectivity index (χ2v) is 6.54. The van der Waals surface area contributed by atoms with Crippen LogP contribution >= 0.6 is 34.5 Å². The molecule has 0 aliphatic heterocycles. The number of halogens is 2. The first-order valence-corrected chi connectivity index (χ1v) is 7.03. The molecule has 4 nitrogen and oxygen atoms in total. The quantitative estimate of drug-likeness (QED) is 0.902. The Morgan fingerprint density at radius 2 is 2.11 bits per heavy atom. The maximum absolute atomic E-state index is 11.9.